The number of carbonyl (C=O) groups excluding carboxylic acids is 1. The number of anilines is 1. The lowest BCUT2D eigenvalue weighted by molar-refractivity contribution is -0.121. The second kappa shape index (κ2) is 4.92. The number of hydrogen-bond donors (Lipinski definition) is 1. The second-order valence-electron chi connectivity index (χ2n) is 6.27. The third-order valence-corrected chi connectivity index (χ3v) is 5.23. The fraction of sp³-hybridized carbons (Fsp3) is 0.263. The number of amides is 1. The molecule has 2 aromatic carbocycles. The van der Waals surface area contributed by atoms with Gasteiger partial charge < -0.3 is 5.32 Å². The highest BCUT2D eigenvalue weighted by Gasteiger charge is 2.54. The predicted molar refractivity (Wildman–Crippen MR) is 84.5 cm³/mol. The lowest BCUT2D eigenvalue weighted by Gasteiger charge is -2.30. The van der Waals surface area contributed by atoms with Crippen molar-refractivity contribution < 1.29 is 9.18 Å². The molecule has 2 aliphatic rings. The van der Waals surface area contributed by atoms with Crippen LogP contribution in [-0.2, 0) is 10.2 Å². The number of nitriles is 1. The normalized spacial score (nSPS) is 25.2. The highest BCUT2D eigenvalue weighted by Crippen LogP contribution is 2.56. The molecule has 1 aliphatic carbocycles. The fourth-order valence-corrected chi connectivity index (χ4v) is 4.23. The molecule has 3 nitrogen and oxygen atoms in total. The van der Waals surface area contributed by atoms with Crippen LogP contribution in [0.15, 0.2) is 42.5 Å². The van der Waals surface area contributed by atoms with E-state index in [0.29, 0.717) is 0 Å². The van der Waals surface area contributed by atoms with E-state index in [1.165, 1.54) is 6.07 Å². The number of nitrogens with zero attached hydrogens (tertiary/aromatic N) is 1. The van der Waals surface area contributed by atoms with Gasteiger partial charge in [0.25, 0.3) is 0 Å². The molecule has 1 saturated carbocycles. The summed E-state index contributed by atoms with van der Waals surface area (Å²) in [5.41, 5.74) is 2.20. The zero-order valence-electron chi connectivity index (χ0n) is 12.5. The van der Waals surface area contributed by atoms with Gasteiger partial charge in [-0.15, -0.1) is 0 Å². The zero-order valence-corrected chi connectivity index (χ0v) is 12.5. The van der Waals surface area contributed by atoms with Crippen LogP contribution in [0, 0.1) is 17.1 Å². The van der Waals surface area contributed by atoms with E-state index >= 15 is 0 Å². The number of hydrogen-bond acceptors (Lipinski definition) is 2. The van der Waals surface area contributed by atoms with E-state index in [2.05, 4.69) is 5.32 Å². The van der Waals surface area contributed by atoms with Gasteiger partial charge in [0.05, 0.1) is 11.0 Å². The predicted octanol–water partition coefficient (Wildman–Crippen LogP) is 3.85. The number of nitrogens with one attached hydrogen (secondary N) is 1. The number of carbonyl (C=O) groups is 1. The van der Waals surface area contributed by atoms with Crippen molar-refractivity contribution in [3.8, 4) is 6.07 Å². The molecular formula is C19H15FN2O. The molecule has 2 aromatic rings. The van der Waals surface area contributed by atoms with Crippen LogP contribution < -0.4 is 5.32 Å². The summed E-state index contributed by atoms with van der Waals surface area (Å²) in [5, 5.41) is 12.1. The van der Waals surface area contributed by atoms with E-state index < -0.39 is 11.2 Å². The highest BCUT2D eigenvalue weighted by molar-refractivity contribution is 6.07. The molecule has 0 aromatic heterocycles. The molecule has 0 bridgehead atoms. The largest absolute Gasteiger partial charge is 0.325 e. The molecule has 1 N–H and O–H groups in total. The minimum absolute atomic E-state index is 0.0176. The maximum atomic E-state index is 13.6. The summed E-state index contributed by atoms with van der Waals surface area (Å²) in [6.07, 6.45) is 2.57. The van der Waals surface area contributed by atoms with Crippen molar-refractivity contribution in [2.45, 2.75) is 30.6 Å². The van der Waals surface area contributed by atoms with Crippen molar-refractivity contribution in [1.29, 1.82) is 5.26 Å². The van der Waals surface area contributed by atoms with Gasteiger partial charge in [-0.2, -0.15) is 5.26 Å². The van der Waals surface area contributed by atoms with Crippen LogP contribution in [0.4, 0.5) is 10.1 Å². The molecule has 2 atom stereocenters. The molecule has 1 heterocycles. The third-order valence-electron chi connectivity index (χ3n) is 5.23. The average Bonchev–Trinajstić information content (AvgIpc) is 3.12. The molecule has 1 fully saturated rings. The van der Waals surface area contributed by atoms with Crippen molar-refractivity contribution in [1.82, 2.24) is 0 Å². The van der Waals surface area contributed by atoms with Crippen LogP contribution in [0.5, 0.6) is 0 Å². The Morgan fingerprint density at radius 3 is 2.91 bits per heavy atom. The molecule has 23 heavy (non-hydrogen) atoms. The first-order valence-corrected chi connectivity index (χ1v) is 7.77. The van der Waals surface area contributed by atoms with Gasteiger partial charge in [0.1, 0.15) is 11.9 Å². The Morgan fingerprint density at radius 2 is 2.09 bits per heavy atom. The summed E-state index contributed by atoms with van der Waals surface area (Å²) in [6, 6.07) is 14.3. The first-order chi connectivity index (χ1) is 11.2. The monoisotopic (exact) mass is 306 g/mol. The van der Waals surface area contributed by atoms with Gasteiger partial charge in [0, 0.05) is 11.6 Å². The molecule has 4 rings (SSSR count). The van der Waals surface area contributed by atoms with E-state index in [0.717, 1.165) is 36.1 Å². The summed E-state index contributed by atoms with van der Waals surface area (Å²) < 4.78 is 13.6. The first-order valence-electron chi connectivity index (χ1n) is 7.77. The summed E-state index contributed by atoms with van der Waals surface area (Å²) in [6.45, 7) is 0. The fourth-order valence-electron chi connectivity index (χ4n) is 4.23. The van der Waals surface area contributed by atoms with Crippen molar-refractivity contribution in [2.24, 2.45) is 0 Å². The maximum Gasteiger partial charge on any atom is 0.235 e. The number of fused-ring (bicyclic) bond motifs is 2. The third kappa shape index (κ3) is 1.83. The van der Waals surface area contributed by atoms with Gasteiger partial charge in [0.2, 0.25) is 5.91 Å². The molecular weight excluding hydrogens is 291 g/mol. The van der Waals surface area contributed by atoms with E-state index in [4.69, 9.17) is 5.26 Å². The van der Waals surface area contributed by atoms with Gasteiger partial charge in [-0.1, -0.05) is 30.7 Å². The van der Waals surface area contributed by atoms with Crippen molar-refractivity contribution >= 4 is 11.6 Å². The van der Waals surface area contributed by atoms with E-state index in [1.54, 1.807) is 12.1 Å². The van der Waals surface area contributed by atoms with Crippen LogP contribution in [0.1, 0.15) is 41.9 Å². The molecule has 114 valence electrons. The standard InChI is InChI=1S/C19H15FN2O/c20-16-8-7-12(10-13(16)11-21)14-5-3-9-19(14)15-4-1-2-6-17(15)22-18(19)23/h1-2,4,6-8,10,14H,3,5,9H2,(H,22,23). The lowest BCUT2D eigenvalue weighted by atomic mass is 9.70. The Balaban J connectivity index is 1.87. The highest BCUT2D eigenvalue weighted by atomic mass is 19.1. The van der Waals surface area contributed by atoms with Gasteiger partial charge in [0.15, 0.2) is 0 Å². The Kier molecular flexibility index (Phi) is 2.99. The second-order valence-corrected chi connectivity index (χ2v) is 6.27. The van der Waals surface area contributed by atoms with E-state index in [9.17, 15) is 9.18 Å². The Bertz CT molecular complexity index is 855. The summed E-state index contributed by atoms with van der Waals surface area (Å²) in [4.78, 5) is 12.8. The van der Waals surface area contributed by atoms with Crippen LogP contribution in [0.25, 0.3) is 0 Å². The Labute approximate surface area is 133 Å². The number of benzene rings is 2. The van der Waals surface area contributed by atoms with Crippen molar-refractivity contribution in [3.05, 3.63) is 65.0 Å². The van der Waals surface area contributed by atoms with Gasteiger partial charge >= 0.3 is 0 Å². The first kappa shape index (κ1) is 14.0. The smallest absolute Gasteiger partial charge is 0.235 e. The number of rotatable bonds is 1. The summed E-state index contributed by atoms with van der Waals surface area (Å²) in [5.74, 6) is -0.526. The van der Waals surface area contributed by atoms with E-state index in [-0.39, 0.29) is 17.4 Å². The molecule has 1 spiro atoms. The van der Waals surface area contributed by atoms with E-state index in [1.807, 2.05) is 30.3 Å². The molecule has 0 saturated heterocycles. The topological polar surface area (TPSA) is 52.9 Å². The molecule has 1 amide bonds. The minimum Gasteiger partial charge on any atom is -0.325 e. The molecule has 1 aliphatic heterocycles. The molecule has 0 radical (unpaired) electrons. The Morgan fingerprint density at radius 1 is 1.26 bits per heavy atom. The Hall–Kier alpha value is -2.67. The molecule has 4 heteroatoms. The van der Waals surface area contributed by atoms with Crippen LogP contribution in [0.2, 0.25) is 0 Å². The van der Waals surface area contributed by atoms with Gasteiger partial charge in [-0.25, -0.2) is 4.39 Å². The number of halogens is 1. The van der Waals surface area contributed by atoms with Gasteiger partial charge in [-0.05, 0) is 42.2 Å². The SMILES string of the molecule is N#Cc1cc(C2CCCC23C(=O)Nc2ccccc23)ccc1F. The minimum atomic E-state index is -0.596. The molecule has 2 unspecified atom stereocenters. The number of para-hydroxylation sites is 1. The van der Waals surface area contributed by atoms with Crippen LogP contribution in [-0.4, -0.2) is 5.91 Å². The van der Waals surface area contributed by atoms with Crippen molar-refractivity contribution in [2.75, 3.05) is 5.32 Å². The van der Waals surface area contributed by atoms with Crippen LogP contribution >= 0.6 is 0 Å². The summed E-state index contributed by atoms with van der Waals surface area (Å²) >= 11 is 0. The quantitative estimate of drug-likeness (QED) is 0.870. The average molecular weight is 306 g/mol. The van der Waals surface area contributed by atoms with Gasteiger partial charge in [-0.3, -0.25) is 4.79 Å². The van der Waals surface area contributed by atoms with Crippen LogP contribution in [0.3, 0.4) is 0 Å². The maximum absolute atomic E-state index is 13.6. The van der Waals surface area contributed by atoms with Crippen molar-refractivity contribution in [3.63, 3.8) is 0 Å². The lowest BCUT2D eigenvalue weighted by Crippen LogP contribution is -2.36. The zero-order chi connectivity index (χ0) is 16.0. The summed E-state index contributed by atoms with van der Waals surface area (Å²) in [7, 11) is 0.